The molecule has 2 aromatic heterocycles. The van der Waals surface area contributed by atoms with Gasteiger partial charge in [0.15, 0.2) is 11.0 Å². The van der Waals surface area contributed by atoms with Crippen molar-refractivity contribution in [2.75, 3.05) is 18.2 Å². The summed E-state index contributed by atoms with van der Waals surface area (Å²) in [4.78, 5) is 12.2. The molecule has 0 unspecified atom stereocenters. The first-order chi connectivity index (χ1) is 13.6. The van der Waals surface area contributed by atoms with Crippen molar-refractivity contribution in [1.82, 2.24) is 25.0 Å². The summed E-state index contributed by atoms with van der Waals surface area (Å²) in [5.74, 6) is 1.51. The van der Waals surface area contributed by atoms with Gasteiger partial charge in [0.25, 0.3) is 0 Å². The van der Waals surface area contributed by atoms with Crippen molar-refractivity contribution in [3.8, 4) is 17.1 Å². The van der Waals surface area contributed by atoms with Gasteiger partial charge < -0.3 is 4.74 Å². The summed E-state index contributed by atoms with van der Waals surface area (Å²) in [6.07, 6.45) is 2.56. The number of nitrogens with zero attached hydrogens (tertiary/aromatic N) is 5. The Bertz CT molecular complexity index is 951. The van der Waals surface area contributed by atoms with Crippen LogP contribution in [0.25, 0.3) is 11.4 Å². The molecule has 3 rings (SSSR count). The number of nitrogens with one attached hydrogen (secondary N) is 1. The summed E-state index contributed by atoms with van der Waals surface area (Å²) < 4.78 is 7.12. The molecule has 1 N–H and O–H groups in total. The Morgan fingerprint density at radius 2 is 2.07 bits per heavy atom. The van der Waals surface area contributed by atoms with E-state index in [0.29, 0.717) is 22.7 Å². The third-order valence-electron chi connectivity index (χ3n) is 3.72. The lowest BCUT2D eigenvalue weighted by Crippen LogP contribution is -2.14. The van der Waals surface area contributed by atoms with Crippen molar-refractivity contribution in [2.24, 2.45) is 0 Å². The van der Waals surface area contributed by atoms with Gasteiger partial charge in [0.05, 0.1) is 12.9 Å². The van der Waals surface area contributed by atoms with Crippen molar-refractivity contribution < 1.29 is 9.53 Å². The van der Waals surface area contributed by atoms with Crippen LogP contribution in [0.3, 0.4) is 0 Å². The highest BCUT2D eigenvalue weighted by molar-refractivity contribution is 7.99. The third-order valence-corrected chi connectivity index (χ3v) is 5.67. The number of ether oxygens (including phenoxy) is 1. The van der Waals surface area contributed by atoms with Crippen LogP contribution in [0.4, 0.5) is 5.13 Å². The van der Waals surface area contributed by atoms with Crippen LogP contribution < -0.4 is 10.1 Å². The van der Waals surface area contributed by atoms with Gasteiger partial charge in [-0.25, -0.2) is 0 Å². The second-order valence-electron chi connectivity index (χ2n) is 5.63. The molecule has 0 bridgehead atoms. The number of hydrogen-bond donors (Lipinski definition) is 1. The smallest absolute Gasteiger partial charge is 0.236 e. The van der Waals surface area contributed by atoms with Crippen molar-refractivity contribution in [3.05, 3.63) is 41.9 Å². The van der Waals surface area contributed by atoms with Gasteiger partial charge in [0.2, 0.25) is 11.0 Å². The minimum Gasteiger partial charge on any atom is -0.497 e. The highest BCUT2D eigenvalue weighted by Gasteiger charge is 2.16. The number of methoxy groups -OCH3 is 1. The van der Waals surface area contributed by atoms with Crippen molar-refractivity contribution in [1.29, 1.82) is 0 Å². The van der Waals surface area contributed by atoms with E-state index in [0.717, 1.165) is 22.7 Å². The van der Waals surface area contributed by atoms with Crippen molar-refractivity contribution in [2.45, 2.75) is 25.0 Å². The Labute approximate surface area is 171 Å². The number of rotatable bonds is 9. The number of thioether (sulfide) groups is 1. The predicted molar refractivity (Wildman–Crippen MR) is 111 cm³/mol. The Kier molecular flexibility index (Phi) is 6.77. The van der Waals surface area contributed by atoms with E-state index in [2.05, 4.69) is 32.3 Å². The Morgan fingerprint density at radius 3 is 2.71 bits per heavy atom. The Hall–Kier alpha value is -2.72. The summed E-state index contributed by atoms with van der Waals surface area (Å²) >= 11 is 2.69. The van der Waals surface area contributed by atoms with Crippen LogP contribution in [0.15, 0.2) is 42.1 Å². The van der Waals surface area contributed by atoms with E-state index in [1.54, 1.807) is 13.2 Å². The van der Waals surface area contributed by atoms with Crippen LogP contribution in [0.1, 0.15) is 11.9 Å². The fraction of sp³-hybridized carbons (Fsp3) is 0.278. The SMILES string of the molecule is C=CCn1c(SCC(=O)Nc2nnc(CC)s2)nnc1-c1ccc(OC)cc1. The second-order valence-corrected chi connectivity index (χ2v) is 7.63. The number of hydrogen-bond acceptors (Lipinski definition) is 8. The lowest BCUT2D eigenvalue weighted by molar-refractivity contribution is -0.113. The maximum atomic E-state index is 12.2. The fourth-order valence-corrected chi connectivity index (χ4v) is 3.82. The van der Waals surface area contributed by atoms with Gasteiger partial charge in [-0.1, -0.05) is 36.1 Å². The van der Waals surface area contributed by atoms with E-state index < -0.39 is 0 Å². The number of allylic oxidation sites excluding steroid dienone is 1. The summed E-state index contributed by atoms with van der Waals surface area (Å²) in [6, 6.07) is 7.58. The van der Waals surface area contributed by atoms with Gasteiger partial charge >= 0.3 is 0 Å². The van der Waals surface area contributed by atoms with E-state index >= 15 is 0 Å². The van der Waals surface area contributed by atoms with E-state index in [1.165, 1.54) is 23.1 Å². The molecule has 10 heteroatoms. The largest absolute Gasteiger partial charge is 0.497 e. The number of aryl methyl sites for hydroxylation is 1. The first kappa shape index (κ1) is 20.0. The molecule has 0 spiro atoms. The summed E-state index contributed by atoms with van der Waals surface area (Å²) in [5.41, 5.74) is 0.910. The van der Waals surface area contributed by atoms with Crippen LogP contribution in [0.2, 0.25) is 0 Å². The first-order valence-electron chi connectivity index (χ1n) is 8.58. The average Bonchev–Trinajstić information content (AvgIpc) is 3.33. The molecule has 8 nitrogen and oxygen atoms in total. The summed E-state index contributed by atoms with van der Waals surface area (Å²) in [7, 11) is 1.62. The van der Waals surface area contributed by atoms with E-state index in [1.807, 2.05) is 35.8 Å². The maximum Gasteiger partial charge on any atom is 0.236 e. The third kappa shape index (κ3) is 4.76. The number of benzene rings is 1. The normalized spacial score (nSPS) is 10.6. The maximum absolute atomic E-state index is 12.2. The standard InChI is InChI=1S/C18H20N6O2S2/c1-4-10-24-16(12-6-8-13(26-3)9-7-12)21-23-18(24)27-11-14(25)19-17-22-20-15(5-2)28-17/h4,6-9H,1,5,10-11H2,2-3H3,(H,19,22,25). The molecule has 1 amide bonds. The van der Waals surface area contributed by atoms with Gasteiger partial charge in [-0.3, -0.25) is 14.7 Å². The predicted octanol–water partition coefficient (Wildman–Crippen LogP) is 3.28. The van der Waals surface area contributed by atoms with Crippen LogP contribution >= 0.6 is 23.1 Å². The highest BCUT2D eigenvalue weighted by atomic mass is 32.2. The lowest BCUT2D eigenvalue weighted by Gasteiger charge is -2.08. The van der Waals surface area contributed by atoms with Crippen molar-refractivity contribution in [3.63, 3.8) is 0 Å². The van der Waals surface area contributed by atoms with E-state index in [4.69, 9.17) is 4.74 Å². The lowest BCUT2D eigenvalue weighted by atomic mass is 10.2. The quantitative estimate of drug-likeness (QED) is 0.422. The molecule has 3 aromatic rings. The zero-order chi connectivity index (χ0) is 19.9. The van der Waals surface area contributed by atoms with Gasteiger partial charge in [0, 0.05) is 12.1 Å². The molecule has 28 heavy (non-hydrogen) atoms. The van der Waals surface area contributed by atoms with Crippen LogP contribution in [-0.2, 0) is 17.8 Å². The molecule has 0 saturated heterocycles. The minimum atomic E-state index is -0.164. The molecule has 0 radical (unpaired) electrons. The molecule has 1 aromatic carbocycles. The fourth-order valence-electron chi connectivity index (χ4n) is 2.38. The van der Waals surface area contributed by atoms with Crippen LogP contribution in [0, 0.1) is 0 Å². The molecule has 0 aliphatic heterocycles. The van der Waals surface area contributed by atoms with Crippen LogP contribution in [0.5, 0.6) is 5.75 Å². The average molecular weight is 417 g/mol. The molecule has 0 saturated carbocycles. The monoisotopic (exact) mass is 416 g/mol. The van der Waals surface area contributed by atoms with Gasteiger partial charge in [-0.15, -0.1) is 27.0 Å². The molecular formula is C18H20N6O2S2. The van der Waals surface area contributed by atoms with E-state index in [-0.39, 0.29) is 11.7 Å². The Balaban J connectivity index is 1.70. The number of amides is 1. The van der Waals surface area contributed by atoms with Crippen molar-refractivity contribution >= 4 is 34.1 Å². The highest BCUT2D eigenvalue weighted by Crippen LogP contribution is 2.26. The zero-order valence-corrected chi connectivity index (χ0v) is 17.2. The molecular weight excluding hydrogens is 396 g/mol. The van der Waals surface area contributed by atoms with E-state index in [9.17, 15) is 4.79 Å². The number of carbonyl (C=O) groups excluding carboxylic acids is 1. The molecule has 2 heterocycles. The van der Waals surface area contributed by atoms with Gasteiger partial charge in [-0.05, 0) is 30.7 Å². The number of aromatic nitrogens is 5. The number of anilines is 1. The molecule has 146 valence electrons. The molecule has 0 aliphatic rings. The van der Waals surface area contributed by atoms with Gasteiger partial charge in [-0.2, -0.15) is 0 Å². The minimum absolute atomic E-state index is 0.164. The molecule has 0 atom stereocenters. The second kappa shape index (κ2) is 9.47. The summed E-state index contributed by atoms with van der Waals surface area (Å²) in [5, 5.41) is 21.3. The topological polar surface area (TPSA) is 94.8 Å². The number of carbonyl (C=O) groups is 1. The molecule has 0 fully saturated rings. The Morgan fingerprint density at radius 1 is 1.29 bits per heavy atom. The van der Waals surface area contributed by atoms with Gasteiger partial charge in [0.1, 0.15) is 10.8 Å². The molecule has 0 aliphatic carbocycles. The van der Waals surface area contributed by atoms with Crippen LogP contribution in [-0.4, -0.2) is 43.7 Å². The summed E-state index contributed by atoms with van der Waals surface area (Å²) in [6.45, 7) is 6.33. The zero-order valence-electron chi connectivity index (χ0n) is 15.6. The first-order valence-corrected chi connectivity index (χ1v) is 10.4.